The average molecular weight is 335 g/mol. The second-order valence-corrected chi connectivity index (χ2v) is 5.53. The van der Waals surface area contributed by atoms with Gasteiger partial charge < -0.3 is 10.1 Å². The molecule has 0 spiro atoms. The summed E-state index contributed by atoms with van der Waals surface area (Å²) in [5.41, 5.74) is 2.41. The van der Waals surface area contributed by atoms with Crippen LogP contribution in [0.4, 0.5) is 0 Å². The molecule has 0 aliphatic rings. The lowest BCUT2D eigenvalue weighted by Crippen LogP contribution is -2.18. The highest BCUT2D eigenvalue weighted by Crippen LogP contribution is 2.18. The fourth-order valence-electron chi connectivity index (χ4n) is 1.96. The summed E-state index contributed by atoms with van der Waals surface area (Å²) in [4.78, 5) is 4.16. The van der Waals surface area contributed by atoms with Crippen LogP contribution in [0.2, 0.25) is 0 Å². The van der Waals surface area contributed by atoms with Crippen LogP contribution in [0.5, 0.6) is 5.75 Å². The summed E-state index contributed by atoms with van der Waals surface area (Å²) >= 11 is 3.43. The normalized spacial score (nSPS) is 12.2. The highest BCUT2D eigenvalue weighted by molar-refractivity contribution is 9.10. The third kappa shape index (κ3) is 4.32. The van der Waals surface area contributed by atoms with Crippen molar-refractivity contribution in [3.63, 3.8) is 0 Å². The Morgan fingerprint density at radius 3 is 2.65 bits per heavy atom. The van der Waals surface area contributed by atoms with Crippen LogP contribution in [-0.2, 0) is 6.54 Å². The van der Waals surface area contributed by atoms with Gasteiger partial charge in [0.15, 0.2) is 0 Å². The predicted octanol–water partition coefficient (Wildman–Crippen LogP) is 4.09. The minimum Gasteiger partial charge on any atom is -0.494 e. The monoisotopic (exact) mass is 334 g/mol. The molecule has 0 radical (unpaired) electrons. The van der Waals surface area contributed by atoms with Crippen molar-refractivity contribution in [1.82, 2.24) is 10.3 Å². The first-order chi connectivity index (χ1) is 9.69. The average Bonchev–Trinajstić information content (AvgIpc) is 2.46. The molecule has 0 fully saturated rings. The van der Waals surface area contributed by atoms with Crippen molar-refractivity contribution in [2.75, 3.05) is 6.61 Å². The summed E-state index contributed by atoms with van der Waals surface area (Å²) in [5.74, 6) is 0.916. The summed E-state index contributed by atoms with van der Waals surface area (Å²) in [6.45, 7) is 5.63. The third-order valence-corrected chi connectivity index (χ3v) is 3.50. The van der Waals surface area contributed by atoms with Gasteiger partial charge in [-0.25, -0.2) is 0 Å². The SMILES string of the molecule is CCOc1ccc(C(C)NCc2cncc(Br)c2)cc1. The number of halogens is 1. The zero-order valence-electron chi connectivity index (χ0n) is 11.8. The van der Waals surface area contributed by atoms with Gasteiger partial charge in [0.2, 0.25) is 0 Å². The van der Waals surface area contributed by atoms with E-state index in [2.05, 4.69) is 51.4 Å². The Bertz CT molecular complexity index is 542. The first-order valence-electron chi connectivity index (χ1n) is 6.74. The summed E-state index contributed by atoms with van der Waals surface area (Å²) < 4.78 is 6.45. The van der Waals surface area contributed by atoms with E-state index in [9.17, 15) is 0 Å². The molecule has 0 bridgehead atoms. The molecule has 1 heterocycles. The quantitative estimate of drug-likeness (QED) is 0.863. The Hall–Kier alpha value is -1.39. The van der Waals surface area contributed by atoms with Crippen molar-refractivity contribution in [3.8, 4) is 5.75 Å². The zero-order chi connectivity index (χ0) is 14.4. The first kappa shape index (κ1) is 15.0. The molecule has 4 heteroatoms. The highest BCUT2D eigenvalue weighted by Gasteiger charge is 2.05. The Morgan fingerprint density at radius 2 is 2.00 bits per heavy atom. The minimum atomic E-state index is 0.282. The fourth-order valence-corrected chi connectivity index (χ4v) is 2.37. The van der Waals surface area contributed by atoms with Crippen molar-refractivity contribution in [2.24, 2.45) is 0 Å². The number of pyridine rings is 1. The number of nitrogens with zero attached hydrogens (tertiary/aromatic N) is 1. The van der Waals surface area contributed by atoms with Crippen LogP contribution < -0.4 is 10.1 Å². The summed E-state index contributed by atoms with van der Waals surface area (Å²) in [7, 11) is 0. The molecule has 20 heavy (non-hydrogen) atoms. The van der Waals surface area contributed by atoms with E-state index >= 15 is 0 Å². The topological polar surface area (TPSA) is 34.1 Å². The van der Waals surface area contributed by atoms with Crippen molar-refractivity contribution in [3.05, 3.63) is 58.3 Å². The number of benzene rings is 1. The summed E-state index contributed by atoms with van der Waals surface area (Å²) in [6, 6.07) is 10.6. The molecule has 1 N–H and O–H groups in total. The number of hydrogen-bond donors (Lipinski definition) is 1. The van der Waals surface area contributed by atoms with E-state index in [1.165, 1.54) is 5.56 Å². The largest absolute Gasteiger partial charge is 0.494 e. The highest BCUT2D eigenvalue weighted by atomic mass is 79.9. The molecule has 0 saturated carbocycles. The van der Waals surface area contributed by atoms with Gasteiger partial charge in [-0.2, -0.15) is 0 Å². The predicted molar refractivity (Wildman–Crippen MR) is 84.8 cm³/mol. The second kappa shape index (κ2) is 7.41. The number of aromatic nitrogens is 1. The Balaban J connectivity index is 1.92. The first-order valence-corrected chi connectivity index (χ1v) is 7.54. The van der Waals surface area contributed by atoms with Gasteiger partial charge in [0.25, 0.3) is 0 Å². The maximum absolute atomic E-state index is 5.45. The van der Waals surface area contributed by atoms with Crippen LogP contribution >= 0.6 is 15.9 Å². The number of hydrogen-bond acceptors (Lipinski definition) is 3. The molecule has 1 unspecified atom stereocenters. The molecule has 1 aromatic carbocycles. The van der Waals surface area contributed by atoms with E-state index in [0.717, 1.165) is 22.3 Å². The Morgan fingerprint density at radius 1 is 1.25 bits per heavy atom. The number of ether oxygens (including phenoxy) is 1. The van der Waals surface area contributed by atoms with Crippen LogP contribution in [0.3, 0.4) is 0 Å². The molecule has 3 nitrogen and oxygen atoms in total. The van der Waals surface area contributed by atoms with Crippen molar-refractivity contribution < 1.29 is 4.74 Å². The van der Waals surface area contributed by atoms with Crippen LogP contribution in [0.1, 0.15) is 31.0 Å². The summed E-state index contributed by atoms with van der Waals surface area (Å²) in [5, 5.41) is 3.49. The molecule has 2 aromatic rings. The fraction of sp³-hybridized carbons (Fsp3) is 0.312. The number of rotatable bonds is 6. The zero-order valence-corrected chi connectivity index (χ0v) is 13.4. The minimum absolute atomic E-state index is 0.282. The molecule has 1 atom stereocenters. The van der Waals surface area contributed by atoms with Crippen LogP contribution in [0, 0.1) is 0 Å². The second-order valence-electron chi connectivity index (χ2n) is 4.62. The van der Waals surface area contributed by atoms with Crippen LogP contribution in [0.15, 0.2) is 47.2 Å². The van der Waals surface area contributed by atoms with Gasteiger partial charge >= 0.3 is 0 Å². The number of nitrogens with one attached hydrogen (secondary N) is 1. The van der Waals surface area contributed by atoms with Crippen LogP contribution in [0.25, 0.3) is 0 Å². The lowest BCUT2D eigenvalue weighted by molar-refractivity contribution is 0.340. The van der Waals surface area contributed by atoms with E-state index in [4.69, 9.17) is 4.74 Å². The van der Waals surface area contributed by atoms with Crippen molar-refractivity contribution in [2.45, 2.75) is 26.4 Å². The molecular formula is C16H19BrN2O. The Labute approximate surface area is 128 Å². The lowest BCUT2D eigenvalue weighted by Gasteiger charge is -2.15. The van der Waals surface area contributed by atoms with Gasteiger partial charge in [-0.1, -0.05) is 12.1 Å². The van der Waals surface area contributed by atoms with Gasteiger partial charge in [-0.05, 0) is 59.1 Å². The van der Waals surface area contributed by atoms with E-state index in [1.54, 1.807) is 6.20 Å². The van der Waals surface area contributed by atoms with Gasteiger partial charge in [0.05, 0.1) is 6.61 Å². The van der Waals surface area contributed by atoms with Gasteiger partial charge in [0, 0.05) is 29.5 Å². The van der Waals surface area contributed by atoms with Crippen molar-refractivity contribution in [1.29, 1.82) is 0 Å². The van der Waals surface area contributed by atoms with Gasteiger partial charge in [-0.3, -0.25) is 4.98 Å². The third-order valence-electron chi connectivity index (χ3n) is 3.06. The van der Waals surface area contributed by atoms with Crippen LogP contribution in [-0.4, -0.2) is 11.6 Å². The van der Waals surface area contributed by atoms with E-state index in [-0.39, 0.29) is 6.04 Å². The maximum Gasteiger partial charge on any atom is 0.119 e. The summed E-state index contributed by atoms with van der Waals surface area (Å²) in [6.07, 6.45) is 3.67. The molecular weight excluding hydrogens is 316 g/mol. The maximum atomic E-state index is 5.45. The molecule has 0 amide bonds. The Kier molecular flexibility index (Phi) is 5.56. The molecule has 2 rings (SSSR count). The lowest BCUT2D eigenvalue weighted by atomic mass is 10.1. The molecule has 0 aliphatic heterocycles. The molecule has 106 valence electrons. The van der Waals surface area contributed by atoms with Gasteiger partial charge in [0.1, 0.15) is 5.75 Å². The smallest absolute Gasteiger partial charge is 0.119 e. The van der Waals surface area contributed by atoms with Crippen molar-refractivity contribution >= 4 is 15.9 Å². The molecule has 0 saturated heterocycles. The standard InChI is InChI=1S/C16H19BrN2O/c1-3-20-16-6-4-14(5-7-16)12(2)19-10-13-8-15(17)11-18-9-13/h4-9,11-12,19H,3,10H2,1-2H3. The van der Waals surface area contributed by atoms with E-state index in [1.807, 2.05) is 25.3 Å². The van der Waals surface area contributed by atoms with E-state index in [0.29, 0.717) is 6.61 Å². The van der Waals surface area contributed by atoms with E-state index < -0.39 is 0 Å². The molecule has 1 aromatic heterocycles. The molecule has 0 aliphatic carbocycles. The van der Waals surface area contributed by atoms with Gasteiger partial charge in [-0.15, -0.1) is 0 Å².